The SMILES string of the molecule is NS(=O)(=O)c1ccc(-c2ccc(/C=N/Nc3ncc(Cl)cc3Cl)o2)cc1. The zero-order valence-corrected chi connectivity index (χ0v) is 15.4. The number of nitrogens with two attached hydrogens (primary N) is 1. The van der Waals surface area contributed by atoms with Gasteiger partial charge in [-0.05, 0) is 42.5 Å². The third-order valence-corrected chi connectivity index (χ3v) is 4.69. The van der Waals surface area contributed by atoms with Crippen LogP contribution in [0.25, 0.3) is 11.3 Å². The summed E-state index contributed by atoms with van der Waals surface area (Å²) < 4.78 is 28.2. The monoisotopic (exact) mass is 410 g/mol. The molecule has 0 aliphatic carbocycles. The summed E-state index contributed by atoms with van der Waals surface area (Å²) in [5, 5.41) is 9.84. The van der Waals surface area contributed by atoms with Gasteiger partial charge in [-0.25, -0.2) is 18.5 Å². The molecule has 0 atom stereocenters. The van der Waals surface area contributed by atoms with Crippen molar-refractivity contribution in [2.75, 3.05) is 5.43 Å². The molecule has 0 aliphatic heterocycles. The Morgan fingerprint density at radius 2 is 1.88 bits per heavy atom. The number of halogens is 2. The molecule has 10 heteroatoms. The zero-order chi connectivity index (χ0) is 18.7. The minimum absolute atomic E-state index is 0.0335. The molecular weight excluding hydrogens is 399 g/mol. The molecule has 3 rings (SSSR count). The number of hydrazone groups is 1. The summed E-state index contributed by atoms with van der Waals surface area (Å²) in [6.07, 6.45) is 2.90. The molecule has 26 heavy (non-hydrogen) atoms. The lowest BCUT2D eigenvalue weighted by Crippen LogP contribution is -2.11. The summed E-state index contributed by atoms with van der Waals surface area (Å²) in [6.45, 7) is 0. The molecule has 0 saturated carbocycles. The van der Waals surface area contributed by atoms with Crippen LogP contribution < -0.4 is 10.6 Å². The van der Waals surface area contributed by atoms with E-state index in [-0.39, 0.29) is 4.90 Å². The molecule has 0 spiro atoms. The average molecular weight is 411 g/mol. The third kappa shape index (κ3) is 4.41. The Labute approximate surface area is 159 Å². The summed E-state index contributed by atoms with van der Waals surface area (Å²) in [6, 6.07) is 11.0. The number of furan rings is 1. The summed E-state index contributed by atoms with van der Waals surface area (Å²) in [5.74, 6) is 1.39. The van der Waals surface area contributed by atoms with Crippen LogP contribution in [0.4, 0.5) is 5.82 Å². The van der Waals surface area contributed by atoms with E-state index in [2.05, 4.69) is 15.5 Å². The Bertz CT molecular complexity index is 1060. The number of sulfonamides is 1. The van der Waals surface area contributed by atoms with Gasteiger partial charge in [0.1, 0.15) is 11.5 Å². The molecule has 3 aromatic rings. The van der Waals surface area contributed by atoms with Gasteiger partial charge >= 0.3 is 0 Å². The fourth-order valence-corrected chi connectivity index (χ4v) is 2.98. The highest BCUT2D eigenvalue weighted by Crippen LogP contribution is 2.24. The second-order valence-corrected chi connectivity index (χ2v) is 7.53. The molecule has 0 amide bonds. The van der Waals surface area contributed by atoms with Crippen LogP contribution in [0.1, 0.15) is 5.76 Å². The number of nitrogens with one attached hydrogen (secondary N) is 1. The van der Waals surface area contributed by atoms with Gasteiger partial charge in [-0.15, -0.1) is 0 Å². The largest absolute Gasteiger partial charge is 0.455 e. The minimum Gasteiger partial charge on any atom is -0.455 e. The van der Waals surface area contributed by atoms with Crippen molar-refractivity contribution < 1.29 is 12.8 Å². The lowest BCUT2D eigenvalue weighted by Gasteiger charge is -2.01. The molecule has 2 aromatic heterocycles. The quantitative estimate of drug-likeness (QED) is 0.491. The van der Waals surface area contributed by atoms with E-state index in [1.165, 1.54) is 24.5 Å². The maximum absolute atomic E-state index is 11.3. The van der Waals surface area contributed by atoms with E-state index in [4.69, 9.17) is 32.8 Å². The molecule has 0 aliphatic rings. The Balaban J connectivity index is 1.71. The number of pyridine rings is 1. The highest BCUT2D eigenvalue weighted by Gasteiger charge is 2.09. The number of nitrogens with zero attached hydrogens (tertiary/aromatic N) is 2. The summed E-state index contributed by atoms with van der Waals surface area (Å²) >= 11 is 11.8. The first-order valence-electron chi connectivity index (χ1n) is 7.16. The third-order valence-electron chi connectivity index (χ3n) is 3.26. The number of aromatic nitrogens is 1. The van der Waals surface area contributed by atoms with Crippen LogP contribution in [0.2, 0.25) is 10.0 Å². The molecule has 0 radical (unpaired) electrons. The highest BCUT2D eigenvalue weighted by molar-refractivity contribution is 7.89. The Morgan fingerprint density at radius 1 is 1.15 bits per heavy atom. The van der Waals surface area contributed by atoms with Gasteiger partial charge < -0.3 is 4.42 Å². The van der Waals surface area contributed by atoms with Crippen LogP contribution in [0.15, 0.2) is 63.1 Å². The van der Waals surface area contributed by atoms with Gasteiger partial charge in [0.25, 0.3) is 0 Å². The van der Waals surface area contributed by atoms with Crippen LogP contribution in [0, 0.1) is 0 Å². The van der Waals surface area contributed by atoms with Crippen molar-refractivity contribution >= 4 is 45.3 Å². The smallest absolute Gasteiger partial charge is 0.238 e. The van der Waals surface area contributed by atoms with E-state index in [1.54, 1.807) is 30.3 Å². The van der Waals surface area contributed by atoms with Crippen molar-refractivity contribution in [1.29, 1.82) is 0 Å². The first-order valence-corrected chi connectivity index (χ1v) is 9.46. The van der Waals surface area contributed by atoms with Gasteiger partial charge in [-0.3, -0.25) is 5.43 Å². The second kappa shape index (κ2) is 7.46. The fourth-order valence-electron chi connectivity index (χ4n) is 2.04. The van der Waals surface area contributed by atoms with Crippen molar-refractivity contribution in [3.05, 3.63) is 64.5 Å². The Kier molecular flexibility index (Phi) is 5.28. The molecule has 0 saturated heterocycles. The molecule has 0 unspecified atom stereocenters. The molecule has 134 valence electrons. The minimum atomic E-state index is -3.73. The number of hydrogen-bond donors (Lipinski definition) is 2. The topological polar surface area (TPSA) is 111 Å². The molecule has 2 heterocycles. The van der Waals surface area contributed by atoms with Crippen molar-refractivity contribution in [3.63, 3.8) is 0 Å². The van der Waals surface area contributed by atoms with E-state index in [0.717, 1.165) is 0 Å². The number of hydrogen-bond acceptors (Lipinski definition) is 6. The number of anilines is 1. The predicted octanol–water partition coefficient (Wildman–Crippen LogP) is 3.74. The van der Waals surface area contributed by atoms with Crippen LogP contribution in [0.5, 0.6) is 0 Å². The number of rotatable bonds is 5. The van der Waals surface area contributed by atoms with Gasteiger partial charge in [0.05, 0.1) is 21.2 Å². The number of benzene rings is 1. The van der Waals surface area contributed by atoms with Crippen LogP contribution in [-0.4, -0.2) is 19.6 Å². The van der Waals surface area contributed by atoms with Crippen LogP contribution in [-0.2, 0) is 10.0 Å². The van der Waals surface area contributed by atoms with Crippen molar-refractivity contribution in [3.8, 4) is 11.3 Å². The highest BCUT2D eigenvalue weighted by atomic mass is 35.5. The van der Waals surface area contributed by atoms with Gasteiger partial charge in [-0.1, -0.05) is 23.2 Å². The average Bonchev–Trinajstić information content (AvgIpc) is 3.05. The maximum Gasteiger partial charge on any atom is 0.238 e. The summed E-state index contributed by atoms with van der Waals surface area (Å²) in [7, 11) is -3.73. The van der Waals surface area contributed by atoms with E-state index in [1.807, 2.05) is 0 Å². The van der Waals surface area contributed by atoms with Crippen molar-refractivity contribution in [1.82, 2.24) is 4.98 Å². The molecule has 1 aromatic carbocycles. The van der Waals surface area contributed by atoms with Crippen LogP contribution in [0.3, 0.4) is 0 Å². The predicted molar refractivity (Wildman–Crippen MR) is 101 cm³/mol. The van der Waals surface area contributed by atoms with E-state index < -0.39 is 10.0 Å². The van der Waals surface area contributed by atoms with Gasteiger partial charge in [0.15, 0.2) is 5.82 Å². The van der Waals surface area contributed by atoms with E-state index >= 15 is 0 Å². The second-order valence-electron chi connectivity index (χ2n) is 5.13. The Morgan fingerprint density at radius 3 is 2.54 bits per heavy atom. The van der Waals surface area contributed by atoms with Crippen molar-refractivity contribution in [2.24, 2.45) is 10.2 Å². The lowest BCUT2D eigenvalue weighted by molar-refractivity contribution is 0.575. The van der Waals surface area contributed by atoms with E-state index in [0.29, 0.717) is 32.9 Å². The fraction of sp³-hybridized carbons (Fsp3) is 0. The molecular formula is C16H12Cl2N4O3S. The van der Waals surface area contributed by atoms with Gasteiger partial charge in [0.2, 0.25) is 10.0 Å². The van der Waals surface area contributed by atoms with Crippen molar-refractivity contribution in [2.45, 2.75) is 4.90 Å². The lowest BCUT2D eigenvalue weighted by atomic mass is 10.2. The van der Waals surface area contributed by atoms with Gasteiger partial charge in [0, 0.05) is 11.8 Å². The maximum atomic E-state index is 11.3. The molecule has 0 bridgehead atoms. The standard InChI is InChI=1S/C16H12Cl2N4O3S/c17-11-7-14(18)16(20-8-11)22-21-9-12-3-6-15(25-12)10-1-4-13(5-2-10)26(19,23)24/h1-9H,(H,20,22)(H2,19,23,24)/b21-9+. The zero-order valence-electron chi connectivity index (χ0n) is 13.1. The number of primary sulfonamides is 1. The Hall–Kier alpha value is -2.39. The van der Waals surface area contributed by atoms with Crippen LogP contribution >= 0.6 is 23.2 Å². The first-order chi connectivity index (χ1) is 12.3. The molecule has 0 fully saturated rings. The molecule has 3 N–H and O–H groups in total. The summed E-state index contributed by atoms with van der Waals surface area (Å²) in [4.78, 5) is 4.04. The first kappa shape index (κ1) is 18.4. The summed E-state index contributed by atoms with van der Waals surface area (Å²) in [5.41, 5.74) is 3.39. The van der Waals surface area contributed by atoms with E-state index in [9.17, 15) is 8.42 Å². The molecule has 7 nitrogen and oxygen atoms in total. The van der Waals surface area contributed by atoms with Gasteiger partial charge in [-0.2, -0.15) is 5.10 Å². The normalized spacial score (nSPS) is 11.8.